The number of nitrogens with zero attached hydrogens (tertiary/aromatic N) is 3. The van der Waals surface area contributed by atoms with Crippen molar-refractivity contribution in [2.24, 2.45) is 5.92 Å². The van der Waals surface area contributed by atoms with E-state index in [0.717, 1.165) is 21.7 Å². The summed E-state index contributed by atoms with van der Waals surface area (Å²) in [5.74, 6) is 0.926. The van der Waals surface area contributed by atoms with Crippen LogP contribution in [0.1, 0.15) is 18.1 Å². The number of rotatable bonds is 3. The lowest BCUT2D eigenvalue weighted by Gasteiger charge is -2.10. The molecule has 0 saturated carbocycles. The average molecular weight is 295 g/mol. The predicted molar refractivity (Wildman–Crippen MR) is 87.3 cm³/mol. The van der Waals surface area contributed by atoms with Crippen molar-refractivity contribution in [1.82, 2.24) is 9.55 Å². The van der Waals surface area contributed by atoms with Gasteiger partial charge in [0.2, 0.25) is 0 Å². The lowest BCUT2D eigenvalue weighted by atomic mass is 10.1. The number of hydrogen-bond donors (Lipinski definition) is 0. The zero-order valence-corrected chi connectivity index (χ0v) is 13.2. The first-order valence-electron chi connectivity index (χ1n) is 7.01. The zero-order chi connectivity index (χ0) is 15.0. The fourth-order valence-corrected chi connectivity index (χ4v) is 3.20. The van der Waals surface area contributed by atoms with Crippen LogP contribution in [0.5, 0.6) is 0 Å². The Bertz CT molecular complexity index is 822. The molecule has 0 aliphatic heterocycles. The van der Waals surface area contributed by atoms with Crippen molar-refractivity contribution >= 4 is 22.4 Å². The Morgan fingerprint density at radius 2 is 2.10 bits per heavy atom. The molecule has 4 heteroatoms. The van der Waals surface area contributed by atoms with Crippen molar-refractivity contribution in [2.45, 2.75) is 27.3 Å². The Kier molecular flexibility index (Phi) is 3.52. The molecule has 2 heterocycles. The van der Waals surface area contributed by atoms with E-state index in [1.165, 1.54) is 11.1 Å². The normalized spacial score (nSPS) is 12.5. The van der Waals surface area contributed by atoms with Crippen molar-refractivity contribution in [3.05, 3.63) is 40.8 Å². The van der Waals surface area contributed by atoms with E-state index in [2.05, 4.69) is 48.1 Å². The third-order valence-electron chi connectivity index (χ3n) is 3.78. The lowest BCUT2D eigenvalue weighted by Crippen LogP contribution is -2.07. The van der Waals surface area contributed by atoms with Gasteiger partial charge in [0.05, 0.1) is 27.9 Å². The monoisotopic (exact) mass is 295 g/mol. The first kappa shape index (κ1) is 13.8. The summed E-state index contributed by atoms with van der Waals surface area (Å²) < 4.78 is 2.18. The summed E-state index contributed by atoms with van der Waals surface area (Å²) >= 11 is 1.68. The van der Waals surface area contributed by atoms with E-state index in [4.69, 9.17) is 10.2 Å². The van der Waals surface area contributed by atoms with Gasteiger partial charge in [-0.25, -0.2) is 4.98 Å². The molecular formula is C17H17N3S. The summed E-state index contributed by atoms with van der Waals surface area (Å²) in [4.78, 5) is 5.95. The molecular weight excluding hydrogens is 278 g/mol. The maximum absolute atomic E-state index is 9.14. The number of imidazole rings is 1. The second-order valence-electron chi connectivity index (χ2n) is 5.48. The topological polar surface area (TPSA) is 41.6 Å². The molecule has 0 N–H and O–H groups in total. The second kappa shape index (κ2) is 5.34. The fraction of sp³-hybridized carbons (Fsp3) is 0.294. The van der Waals surface area contributed by atoms with Crippen LogP contribution in [0.3, 0.4) is 0 Å². The molecule has 0 amide bonds. The number of aryl methyl sites for hydroxylation is 2. The maximum Gasteiger partial charge on any atom is 0.151 e. The molecule has 0 bridgehead atoms. The van der Waals surface area contributed by atoms with Crippen LogP contribution < -0.4 is 0 Å². The van der Waals surface area contributed by atoms with Gasteiger partial charge >= 0.3 is 0 Å². The van der Waals surface area contributed by atoms with E-state index in [1.807, 2.05) is 13.0 Å². The Morgan fingerprint density at radius 3 is 2.76 bits per heavy atom. The molecule has 0 aliphatic rings. The quantitative estimate of drug-likeness (QED) is 0.711. The highest BCUT2D eigenvalue weighted by molar-refractivity contribution is 7.13. The molecule has 2 aromatic heterocycles. The van der Waals surface area contributed by atoms with Gasteiger partial charge in [-0.1, -0.05) is 6.07 Å². The summed E-state index contributed by atoms with van der Waals surface area (Å²) in [6, 6.07) is 10.8. The third kappa shape index (κ3) is 2.45. The first-order chi connectivity index (χ1) is 10.1. The largest absolute Gasteiger partial charge is 0.322 e. The number of fused-ring (bicyclic) bond motifs is 1. The van der Waals surface area contributed by atoms with Crippen LogP contribution >= 0.6 is 11.3 Å². The number of benzene rings is 1. The molecule has 0 aliphatic carbocycles. The third-order valence-corrected chi connectivity index (χ3v) is 4.65. The van der Waals surface area contributed by atoms with E-state index in [1.54, 1.807) is 11.3 Å². The molecule has 0 saturated heterocycles. The van der Waals surface area contributed by atoms with Gasteiger partial charge < -0.3 is 4.57 Å². The minimum atomic E-state index is -0.0391. The van der Waals surface area contributed by atoms with E-state index < -0.39 is 0 Å². The summed E-state index contributed by atoms with van der Waals surface area (Å²) in [7, 11) is 0. The van der Waals surface area contributed by atoms with E-state index >= 15 is 0 Å². The van der Waals surface area contributed by atoms with Crippen molar-refractivity contribution < 1.29 is 0 Å². The Hall–Kier alpha value is -2.12. The van der Waals surface area contributed by atoms with Gasteiger partial charge in [0.1, 0.15) is 0 Å². The van der Waals surface area contributed by atoms with Crippen LogP contribution in [0.4, 0.5) is 0 Å². The first-order valence-corrected chi connectivity index (χ1v) is 7.89. The van der Waals surface area contributed by atoms with Crippen LogP contribution in [0.2, 0.25) is 0 Å². The molecule has 3 aromatic rings. The smallest absolute Gasteiger partial charge is 0.151 e. The summed E-state index contributed by atoms with van der Waals surface area (Å²) in [5, 5.41) is 11.2. The Balaban J connectivity index is 2.26. The lowest BCUT2D eigenvalue weighted by molar-refractivity contribution is 0.598. The summed E-state index contributed by atoms with van der Waals surface area (Å²) in [6.45, 7) is 6.84. The van der Waals surface area contributed by atoms with Crippen LogP contribution in [-0.4, -0.2) is 9.55 Å². The molecule has 1 aromatic carbocycles. The van der Waals surface area contributed by atoms with Gasteiger partial charge in [0.15, 0.2) is 5.82 Å². The van der Waals surface area contributed by atoms with E-state index in [9.17, 15) is 0 Å². The number of aromatic nitrogens is 2. The van der Waals surface area contributed by atoms with Crippen molar-refractivity contribution in [2.75, 3.05) is 0 Å². The van der Waals surface area contributed by atoms with Crippen LogP contribution in [-0.2, 0) is 6.54 Å². The predicted octanol–water partition coefficient (Wildman–Crippen LogP) is 4.54. The molecule has 3 nitrogen and oxygen atoms in total. The zero-order valence-electron chi connectivity index (χ0n) is 12.4. The minimum Gasteiger partial charge on any atom is -0.322 e. The Labute approximate surface area is 128 Å². The summed E-state index contributed by atoms with van der Waals surface area (Å²) in [6.07, 6.45) is 0. The molecule has 3 rings (SSSR count). The molecule has 1 atom stereocenters. The fourth-order valence-electron chi connectivity index (χ4n) is 2.47. The highest BCUT2D eigenvalue weighted by Crippen LogP contribution is 2.30. The average Bonchev–Trinajstić information content (AvgIpc) is 3.09. The van der Waals surface area contributed by atoms with Crippen LogP contribution in [0, 0.1) is 31.1 Å². The number of hydrogen-bond acceptors (Lipinski definition) is 3. The van der Waals surface area contributed by atoms with E-state index in [-0.39, 0.29) is 5.92 Å². The van der Waals surface area contributed by atoms with Crippen molar-refractivity contribution in [3.8, 4) is 16.8 Å². The molecule has 0 radical (unpaired) electrons. The molecule has 106 valence electrons. The highest BCUT2D eigenvalue weighted by atomic mass is 32.1. The molecule has 0 spiro atoms. The SMILES string of the molecule is Cc1cc2nc(-c3cccs3)n(CC(C)C#N)c2cc1C. The molecule has 0 fully saturated rings. The van der Waals surface area contributed by atoms with Gasteiger partial charge in [-0.05, 0) is 55.5 Å². The molecule has 1 unspecified atom stereocenters. The Morgan fingerprint density at radius 1 is 1.33 bits per heavy atom. The van der Waals surface area contributed by atoms with Gasteiger partial charge in [0, 0.05) is 6.54 Å². The summed E-state index contributed by atoms with van der Waals surface area (Å²) in [5.41, 5.74) is 4.62. The number of thiophene rings is 1. The van der Waals surface area contributed by atoms with Gasteiger partial charge in [-0.3, -0.25) is 0 Å². The van der Waals surface area contributed by atoms with Crippen molar-refractivity contribution in [3.63, 3.8) is 0 Å². The minimum absolute atomic E-state index is 0.0391. The molecule has 21 heavy (non-hydrogen) atoms. The second-order valence-corrected chi connectivity index (χ2v) is 6.43. The van der Waals surface area contributed by atoms with Crippen molar-refractivity contribution in [1.29, 1.82) is 5.26 Å². The van der Waals surface area contributed by atoms with Crippen LogP contribution in [0.15, 0.2) is 29.6 Å². The van der Waals surface area contributed by atoms with Gasteiger partial charge in [-0.2, -0.15) is 5.26 Å². The maximum atomic E-state index is 9.14. The standard InChI is InChI=1S/C17H17N3S/c1-11(9-18)10-20-15-8-13(3)12(2)7-14(15)19-17(20)16-5-4-6-21-16/h4-8,11H,10H2,1-3H3. The van der Waals surface area contributed by atoms with E-state index in [0.29, 0.717) is 6.54 Å². The number of nitriles is 1. The highest BCUT2D eigenvalue weighted by Gasteiger charge is 2.16. The van der Waals surface area contributed by atoms with Gasteiger partial charge in [0.25, 0.3) is 0 Å². The van der Waals surface area contributed by atoms with Crippen LogP contribution in [0.25, 0.3) is 21.7 Å². The van der Waals surface area contributed by atoms with Gasteiger partial charge in [-0.15, -0.1) is 11.3 Å².